The second-order valence-electron chi connectivity index (χ2n) is 4.91. The lowest BCUT2D eigenvalue weighted by Gasteiger charge is -2.14. The Morgan fingerprint density at radius 3 is 2.68 bits per heavy atom. The fourth-order valence-electron chi connectivity index (χ4n) is 1.74. The van der Waals surface area contributed by atoms with E-state index in [1.54, 1.807) is 7.11 Å². The summed E-state index contributed by atoms with van der Waals surface area (Å²) in [5.41, 5.74) is 8.28. The van der Waals surface area contributed by atoms with Crippen molar-refractivity contribution in [2.45, 2.75) is 39.2 Å². The molecular formula is C16H25NO2. The maximum absolute atomic E-state index is 5.98. The van der Waals surface area contributed by atoms with E-state index in [1.165, 1.54) is 5.56 Å². The van der Waals surface area contributed by atoms with E-state index in [0.717, 1.165) is 36.3 Å². The Hall–Kier alpha value is -1.48. The Kier molecular flexibility index (Phi) is 6.43. The van der Waals surface area contributed by atoms with Gasteiger partial charge in [-0.15, -0.1) is 6.58 Å². The molecule has 106 valence electrons. The Morgan fingerprint density at radius 2 is 2.11 bits per heavy atom. The summed E-state index contributed by atoms with van der Waals surface area (Å²) in [6, 6.07) is 6.19. The van der Waals surface area contributed by atoms with Gasteiger partial charge in [-0.2, -0.15) is 0 Å². The van der Waals surface area contributed by atoms with Gasteiger partial charge in [0.15, 0.2) is 11.5 Å². The van der Waals surface area contributed by atoms with E-state index >= 15 is 0 Å². The first kappa shape index (κ1) is 15.6. The van der Waals surface area contributed by atoms with Crippen molar-refractivity contribution in [3.8, 4) is 11.5 Å². The number of hydrogen-bond donors (Lipinski definition) is 1. The molecule has 0 saturated carbocycles. The molecule has 0 aliphatic carbocycles. The Balaban J connectivity index is 2.74. The molecule has 1 unspecified atom stereocenters. The number of methoxy groups -OCH3 is 1. The van der Waals surface area contributed by atoms with Crippen LogP contribution >= 0.6 is 0 Å². The first-order valence-corrected chi connectivity index (χ1v) is 6.76. The fraction of sp³-hybridized carbons (Fsp3) is 0.500. The van der Waals surface area contributed by atoms with Crippen molar-refractivity contribution in [1.29, 1.82) is 0 Å². The molecule has 0 aliphatic rings. The van der Waals surface area contributed by atoms with Crippen LogP contribution < -0.4 is 15.2 Å². The highest BCUT2D eigenvalue weighted by Gasteiger charge is 2.08. The minimum absolute atomic E-state index is 0.191. The van der Waals surface area contributed by atoms with E-state index in [9.17, 15) is 0 Å². The lowest BCUT2D eigenvalue weighted by atomic mass is 10.0. The highest BCUT2D eigenvalue weighted by molar-refractivity contribution is 5.43. The summed E-state index contributed by atoms with van der Waals surface area (Å²) < 4.78 is 11.1. The highest BCUT2D eigenvalue weighted by atomic mass is 16.5. The summed E-state index contributed by atoms with van der Waals surface area (Å²) in [5, 5.41) is 0. The number of hydrogen-bond acceptors (Lipinski definition) is 3. The van der Waals surface area contributed by atoms with Crippen molar-refractivity contribution in [2.75, 3.05) is 13.7 Å². The summed E-state index contributed by atoms with van der Waals surface area (Å²) in [4.78, 5) is 0. The molecule has 1 atom stereocenters. The number of ether oxygens (including phenoxy) is 2. The molecular weight excluding hydrogens is 238 g/mol. The molecule has 3 nitrogen and oxygen atoms in total. The molecule has 2 N–H and O–H groups in total. The van der Waals surface area contributed by atoms with Crippen molar-refractivity contribution in [1.82, 2.24) is 0 Å². The lowest BCUT2D eigenvalue weighted by molar-refractivity contribution is 0.297. The minimum Gasteiger partial charge on any atom is -0.493 e. The van der Waals surface area contributed by atoms with Gasteiger partial charge in [-0.25, -0.2) is 0 Å². The van der Waals surface area contributed by atoms with Crippen molar-refractivity contribution in [3.05, 3.63) is 35.9 Å². The predicted molar refractivity (Wildman–Crippen MR) is 79.9 cm³/mol. The number of nitrogens with two attached hydrogens (primary N) is 1. The van der Waals surface area contributed by atoms with Crippen molar-refractivity contribution in [3.63, 3.8) is 0 Å². The highest BCUT2D eigenvalue weighted by Crippen LogP contribution is 2.28. The average molecular weight is 263 g/mol. The topological polar surface area (TPSA) is 44.5 Å². The van der Waals surface area contributed by atoms with Crippen molar-refractivity contribution >= 4 is 0 Å². The van der Waals surface area contributed by atoms with Crippen LogP contribution in [-0.2, 0) is 6.42 Å². The number of rotatable bonds is 8. The van der Waals surface area contributed by atoms with Gasteiger partial charge >= 0.3 is 0 Å². The third kappa shape index (κ3) is 5.35. The molecule has 0 spiro atoms. The molecule has 3 heteroatoms. The molecule has 0 fully saturated rings. The van der Waals surface area contributed by atoms with Crippen LogP contribution in [0.2, 0.25) is 0 Å². The van der Waals surface area contributed by atoms with E-state index in [1.807, 2.05) is 25.1 Å². The van der Waals surface area contributed by atoms with Gasteiger partial charge in [0.25, 0.3) is 0 Å². The van der Waals surface area contributed by atoms with Crippen LogP contribution in [0.4, 0.5) is 0 Å². The molecule has 0 radical (unpaired) electrons. The fourth-order valence-corrected chi connectivity index (χ4v) is 1.74. The molecule has 0 heterocycles. The molecule has 1 aromatic rings. The van der Waals surface area contributed by atoms with Crippen LogP contribution in [0.5, 0.6) is 11.5 Å². The van der Waals surface area contributed by atoms with Crippen molar-refractivity contribution in [2.24, 2.45) is 5.73 Å². The second-order valence-corrected chi connectivity index (χ2v) is 4.91. The van der Waals surface area contributed by atoms with Crippen LogP contribution in [0.1, 0.15) is 32.3 Å². The molecule has 0 bridgehead atoms. The van der Waals surface area contributed by atoms with E-state index < -0.39 is 0 Å². The Morgan fingerprint density at radius 1 is 1.37 bits per heavy atom. The summed E-state index contributed by atoms with van der Waals surface area (Å²) in [6.45, 7) is 8.58. The summed E-state index contributed by atoms with van der Waals surface area (Å²) in [6.07, 6.45) is 2.68. The average Bonchev–Trinajstić information content (AvgIpc) is 2.38. The first-order valence-electron chi connectivity index (χ1n) is 6.76. The van der Waals surface area contributed by atoms with E-state index in [4.69, 9.17) is 15.2 Å². The lowest BCUT2D eigenvalue weighted by Crippen LogP contribution is -2.21. The summed E-state index contributed by atoms with van der Waals surface area (Å²) >= 11 is 0. The third-order valence-corrected chi connectivity index (χ3v) is 3.04. The number of benzene rings is 1. The summed E-state index contributed by atoms with van der Waals surface area (Å²) in [5.74, 6) is 1.54. The van der Waals surface area contributed by atoms with Gasteiger partial charge in [-0.05, 0) is 37.5 Å². The van der Waals surface area contributed by atoms with Gasteiger partial charge in [0.05, 0.1) is 13.7 Å². The second kappa shape index (κ2) is 7.85. The smallest absolute Gasteiger partial charge is 0.161 e. The molecule has 0 amide bonds. The maximum atomic E-state index is 5.98. The van der Waals surface area contributed by atoms with Gasteiger partial charge in [-0.1, -0.05) is 18.6 Å². The molecule has 1 aromatic carbocycles. The zero-order valence-electron chi connectivity index (χ0n) is 12.2. The van der Waals surface area contributed by atoms with Crippen LogP contribution in [-0.4, -0.2) is 19.8 Å². The van der Waals surface area contributed by atoms with E-state index in [-0.39, 0.29) is 6.04 Å². The minimum atomic E-state index is 0.191. The van der Waals surface area contributed by atoms with Gasteiger partial charge in [0, 0.05) is 12.5 Å². The van der Waals surface area contributed by atoms with Gasteiger partial charge in [0.2, 0.25) is 0 Å². The van der Waals surface area contributed by atoms with Gasteiger partial charge in [-0.3, -0.25) is 0 Å². The SMILES string of the molecule is C=C(C)CCOc1cc(CC(N)CC)ccc1OC. The molecule has 1 rings (SSSR count). The standard InChI is InChI=1S/C16H25NO2/c1-5-14(17)10-13-6-7-15(18-4)16(11-13)19-9-8-12(2)3/h6-7,11,14H,2,5,8-10,17H2,1,3-4H3. The van der Waals surface area contributed by atoms with Crippen LogP contribution in [0.25, 0.3) is 0 Å². The van der Waals surface area contributed by atoms with E-state index in [2.05, 4.69) is 13.5 Å². The Labute approximate surface area is 116 Å². The molecule has 19 heavy (non-hydrogen) atoms. The molecule has 0 aromatic heterocycles. The predicted octanol–water partition coefficient (Wildman–Crippen LogP) is 3.32. The maximum Gasteiger partial charge on any atom is 0.161 e. The van der Waals surface area contributed by atoms with E-state index in [0.29, 0.717) is 6.61 Å². The zero-order chi connectivity index (χ0) is 14.3. The van der Waals surface area contributed by atoms with Crippen molar-refractivity contribution < 1.29 is 9.47 Å². The normalized spacial score (nSPS) is 12.0. The van der Waals surface area contributed by atoms with Crippen LogP contribution in [0.3, 0.4) is 0 Å². The summed E-state index contributed by atoms with van der Waals surface area (Å²) in [7, 11) is 1.65. The van der Waals surface area contributed by atoms with Gasteiger partial charge in [0.1, 0.15) is 0 Å². The molecule has 0 aliphatic heterocycles. The third-order valence-electron chi connectivity index (χ3n) is 3.04. The van der Waals surface area contributed by atoms with Crippen LogP contribution in [0, 0.1) is 0 Å². The zero-order valence-corrected chi connectivity index (χ0v) is 12.2. The monoisotopic (exact) mass is 263 g/mol. The Bertz CT molecular complexity index is 415. The molecule has 0 saturated heterocycles. The van der Waals surface area contributed by atoms with Crippen LogP contribution in [0.15, 0.2) is 30.4 Å². The quantitative estimate of drug-likeness (QED) is 0.732. The first-order chi connectivity index (χ1) is 9.06. The van der Waals surface area contributed by atoms with Gasteiger partial charge < -0.3 is 15.2 Å². The largest absolute Gasteiger partial charge is 0.493 e.